The highest BCUT2D eigenvalue weighted by Gasteiger charge is 2.31. The molecule has 6 aromatic rings. The molecule has 4 aromatic carbocycles. The number of benzene rings is 4. The smallest absolute Gasteiger partial charge is 0.408 e. The standard InChI is InChI=1S/C39H38ClF3N6O6S/c1-21-14-28(43)33-29(15-21)44-35(30(45-38(51)55-39(2,3)4)18-23-16-24(41)19-25(42)17-23)49(37(33)50)31-13-12-27(40)32-34(31)47(5)46-36(32)48(56(7,52)53)20-22-8-10-26(54-6)11-9-22/h8-17,19,30H,18,20H2,1-7H3,(H,45,51)/t30-/m0/s1. The lowest BCUT2D eigenvalue weighted by molar-refractivity contribution is 0.0500. The summed E-state index contributed by atoms with van der Waals surface area (Å²) in [6, 6.07) is 13.8. The molecule has 0 aliphatic heterocycles. The lowest BCUT2D eigenvalue weighted by Crippen LogP contribution is -2.39. The van der Waals surface area contributed by atoms with E-state index in [9.17, 15) is 26.8 Å². The van der Waals surface area contributed by atoms with Crippen molar-refractivity contribution in [3.63, 3.8) is 0 Å². The number of nitrogens with one attached hydrogen (secondary N) is 1. The molecule has 0 spiro atoms. The molecule has 1 amide bonds. The molecule has 56 heavy (non-hydrogen) atoms. The molecular formula is C39H38ClF3N6O6S. The van der Waals surface area contributed by atoms with Crippen molar-refractivity contribution in [3.8, 4) is 11.4 Å². The Kier molecular flexibility index (Phi) is 10.8. The molecular weight excluding hydrogens is 773 g/mol. The molecule has 0 fully saturated rings. The SMILES string of the molecule is COc1ccc(CN(c2nn(C)c3c(-n4c([C@H](Cc5cc(F)cc(F)c5)NC(=O)OC(C)(C)C)nc5cc(C)cc(F)c5c4=O)ccc(Cl)c23)S(C)(=O)=O)cc1. The van der Waals surface area contributed by atoms with Gasteiger partial charge in [-0.15, -0.1) is 0 Å². The lowest BCUT2D eigenvalue weighted by atomic mass is 10.0. The monoisotopic (exact) mass is 810 g/mol. The maximum absolute atomic E-state index is 15.8. The van der Waals surface area contributed by atoms with Gasteiger partial charge in [-0.25, -0.2) is 35.7 Å². The van der Waals surface area contributed by atoms with Gasteiger partial charge in [-0.05, 0) is 92.9 Å². The number of fused-ring (bicyclic) bond motifs is 2. The van der Waals surface area contributed by atoms with E-state index >= 15 is 4.39 Å². The summed E-state index contributed by atoms with van der Waals surface area (Å²) in [7, 11) is -1.01. The largest absolute Gasteiger partial charge is 0.497 e. The van der Waals surface area contributed by atoms with E-state index in [0.717, 1.165) is 27.3 Å². The normalized spacial score (nSPS) is 12.6. The Hall–Kier alpha value is -5.61. The van der Waals surface area contributed by atoms with Crippen LogP contribution in [0.4, 0.5) is 23.8 Å². The number of amides is 1. The highest BCUT2D eigenvalue weighted by molar-refractivity contribution is 7.92. The van der Waals surface area contributed by atoms with Crippen molar-refractivity contribution in [1.29, 1.82) is 0 Å². The fourth-order valence-electron chi connectivity index (χ4n) is 6.44. The zero-order chi connectivity index (χ0) is 40.9. The molecule has 0 bridgehead atoms. The Bertz CT molecular complexity index is 2660. The van der Waals surface area contributed by atoms with Gasteiger partial charge in [0.25, 0.3) is 5.56 Å². The second kappa shape index (κ2) is 15.1. The Morgan fingerprint density at radius 3 is 2.25 bits per heavy atom. The van der Waals surface area contributed by atoms with E-state index in [-0.39, 0.29) is 57.3 Å². The number of hydrogen-bond donors (Lipinski definition) is 1. The quantitative estimate of drug-likeness (QED) is 0.151. The van der Waals surface area contributed by atoms with Crippen LogP contribution < -0.4 is 19.9 Å². The zero-order valence-electron chi connectivity index (χ0n) is 31.4. The molecule has 12 nitrogen and oxygen atoms in total. The van der Waals surface area contributed by atoms with Gasteiger partial charge in [0.2, 0.25) is 10.0 Å². The van der Waals surface area contributed by atoms with Gasteiger partial charge in [-0.1, -0.05) is 23.7 Å². The highest BCUT2D eigenvalue weighted by atomic mass is 35.5. The third kappa shape index (κ3) is 8.31. The molecule has 6 rings (SSSR count). The molecule has 0 unspecified atom stereocenters. The van der Waals surface area contributed by atoms with Crippen LogP contribution in [-0.4, -0.2) is 52.8 Å². The van der Waals surface area contributed by atoms with Gasteiger partial charge in [0, 0.05) is 19.5 Å². The molecule has 2 aromatic heterocycles. The average molecular weight is 811 g/mol. The number of sulfonamides is 1. The highest BCUT2D eigenvalue weighted by Crippen LogP contribution is 2.38. The average Bonchev–Trinajstić information content (AvgIpc) is 3.42. The molecule has 1 N–H and O–H groups in total. The van der Waals surface area contributed by atoms with Crippen LogP contribution in [0.3, 0.4) is 0 Å². The van der Waals surface area contributed by atoms with Crippen LogP contribution in [0.2, 0.25) is 5.02 Å². The second-order valence-corrected chi connectivity index (χ2v) is 16.6. The van der Waals surface area contributed by atoms with Gasteiger partial charge in [-0.3, -0.25) is 14.0 Å². The summed E-state index contributed by atoms with van der Waals surface area (Å²) in [5, 5.41) is 7.07. The molecule has 0 saturated heterocycles. The minimum absolute atomic E-state index is 0.0272. The van der Waals surface area contributed by atoms with Crippen LogP contribution in [0.1, 0.15) is 49.3 Å². The number of anilines is 1. The van der Waals surface area contributed by atoms with Crippen LogP contribution in [-0.2, 0) is 34.8 Å². The van der Waals surface area contributed by atoms with E-state index < -0.39 is 56.2 Å². The lowest BCUT2D eigenvalue weighted by Gasteiger charge is -2.26. The van der Waals surface area contributed by atoms with E-state index in [1.54, 1.807) is 52.0 Å². The Morgan fingerprint density at radius 2 is 1.64 bits per heavy atom. The summed E-state index contributed by atoms with van der Waals surface area (Å²) in [5.41, 5.74) is -0.646. The molecule has 2 heterocycles. The molecule has 1 atom stereocenters. The van der Waals surface area contributed by atoms with Crippen LogP contribution in [0.15, 0.2) is 71.5 Å². The number of methoxy groups -OCH3 is 1. The van der Waals surface area contributed by atoms with Gasteiger partial charge in [0.15, 0.2) is 5.82 Å². The van der Waals surface area contributed by atoms with Gasteiger partial charge in [-0.2, -0.15) is 5.10 Å². The zero-order valence-corrected chi connectivity index (χ0v) is 33.0. The number of halogens is 4. The molecule has 0 aliphatic rings. The van der Waals surface area contributed by atoms with Crippen LogP contribution >= 0.6 is 11.6 Å². The number of aryl methyl sites for hydroxylation is 2. The topological polar surface area (TPSA) is 138 Å². The number of carbonyl (C=O) groups is 1. The first kappa shape index (κ1) is 40.1. The maximum Gasteiger partial charge on any atom is 0.408 e. The molecule has 294 valence electrons. The first-order valence-corrected chi connectivity index (χ1v) is 19.4. The number of aromatic nitrogens is 4. The van der Waals surface area contributed by atoms with Gasteiger partial charge in [0.05, 0.1) is 53.1 Å². The van der Waals surface area contributed by atoms with E-state index in [2.05, 4.69) is 10.4 Å². The van der Waals surface area contributed by atoms with Crippen molar-refractivity contribution < 1.29 is 35.9 Å². The van der Waals surface area contributed by atoms with E-state index in [1.165, 1.54) is 43.1 Å². The summed E-state index contributed by atoms with van der Waals surface area (Å²) in [6.45, 7) is 6.37. The first-order valence-electron chi connectivity index (χ1n) is 17.2. The molecule has 0 aliphatic carbocycles. The van der Waals surface area contributed by atoms with Crippen molar-refractivity contribution in [3.05, 3.63) is 122 Å². The first-order chi connectivity index (χ1) is 26.2. The van der Waals surface area contributed by atoms with E-state index in [1.807, 2.05) is 0 Å². The number of alkyl carbamates (subject to hydrolysis) is 1. The summed E-state index contributed by atoms with van der Waals surface area (Å²) >= 11 is 6.82. The predicted molar refractivity (Wildman–Crippen MR) is 208 cm³/mol. The summed E-state index contributed by atoms with van der Waals surface area (Å²) < 4.78 is 85.8. The van der Waals surface area contributed by atoms with Crippen molar-refractivity contribution >= 4 is 55.3 Å². The van der Waals surface area contributed by atoms with Gasteiger partial charge in [0.1, 0.15) is 40.0 Å². The van der Waals surface area contributed by atoms with E-state index in [0.29, 0.717) is 22.9 Å². The van der Waals surface area contributed by atoms with Crippen LogP contribution in [0.25, 0.3) is 27.5 Å². The minimum Gasteiger partial charge on any atom is -0.497 e. The van der Waals surface area contributed by atoms with Crippen molar-refractivity contribution in [2.24, 2.45) is 7.05 Å². The third-order valence-electron chi connectivity index (χ3n) is 8.72. The molecule has 17 heteroatoms. The molecule has 0 saturated carbocycles. The summed E-state index contributed by atoms with van der Waals surface area (Å²) in [5.74, 6) is -2.33. The Labute approximate surface area is 325 Å². The fourth-order valence-corrected chi connectivity index (χ4v) is 7.50. The number of rotatable bonds is 10. The maximum atomic E-state index is 15.8. The van der Waals surface area contributed by atoms with E-state index in [4.69, 9.17) is 26.1 Å². The summed E-state index contributed by atoms with van der Waals surface area (Å²) in [6.07, 6.45) is -0.239. The minimum atomic E-state index is -4.03. The number of nitrogens with zero attached hydrogens (tertiary/aromatic N) is 5. The van der Waals surface area contributed by atoms with Crippen molar-refractivity contribution in [1.82, 2.24) is 24.6 Å². The van der Waals surface area contributed by atoms with Crippen LogP contribution in [0.5, 0.6) is 5.75 Å². The third-order valence-corrected chi connectivity index (χ3v) is 10.1. The van der Waals surface area contributed by atoms with Gasteiger partial charge >= 0.3 is 6.09 Å². The number of hydrogen-bond acceptors (Lipinski definition) is 8. The van der Waals surface area contributed by atoms with Crippen LogP contribution in [0, 0.1) is 24.4 Å². The van der Waals surface area contributed by atoms with Crippen molar-refractivity contribution in [2.75, 3.05) is 17.7 Å². The van der Waals surface area contributed by atoms with Crippen molar-refractivity contribution in [2.45, 2.75) is 52.3 Å². The Balaban J connectivity index is 1.65. The summed E-state index contributed by atoms with van der Waals surface area (Å²) in [4.78, 5) is 32.8. The predicted octanol–water partition coefficient (Wildman–Crippen LogP) is 7.43. The molecule has 0 radical (unpaired) electrons. The fraction of sp³-hybridized carbons (Fsp3) is 0.282. The second-order valence-electron chi connectivity index (χ2n) is 14.3. The Morgan fingerprint density at radius 1 is 0.982 bits per heavy atom. The number of carbonyl (C=O) groups excluding carboxylic acids is 1. The number of ether oxygens (including phenoxy) is 2. The van der Waals surface area contributed by atoms with Gasteiger partial charge < -0.3 is 14.8 Å².